The number of halogens is 3. The normalized spacial score (nSPS) is 11.3. The number of benzene rings is 4. The second kappa shape index (κ2) is 11.2. The average molecular weight is 465 g/mol. The number of methoxy groups -OCH3 is 1. The summed E-state index contributed by atoms with van der Waals surface area (Å²) >= 11 is 0. The molecule has 0 amide bonds. The van der Waals surface area contributed by atoms with Gasteiger partial charge in [0.15, 0.2) is 0 Å². The van der Waals surface area contributed by atoms with Crippen LogP contribution in [0.25, 0.3) is 21.9 Å². The van der Waals surface area contributed by atoms with E-state index < -0.39 is 6.61 Å². The van der Waals surface area contributed by atoms with Crippen LogP contribution in [-0.2, 0) is 24.0 Å². The molecule has 0 atom stereocenters. The molecule has 0 aliphatic rings. The number of aryl methyl sites for hydroxylation is 3. The zero-order valence-corrected chi connectivity index (χ0v) is 19.1. The Hall–Kier alpha value is -3.31. The van der Waals surface area contributed by atoms with Crippen molar-refractivity contribution in [3.05, 3.63) is 101 Å². The second-order valence-electron chi connectivity index (χ2n) is 8.29. The van der Waals surface area contributed by atoms with Crippen LogP contribution >= 0.6 is 0 Å². The molecule has 2 nitrogen and oxygen atoms in total. The molecule has 0 bridgehead atoms. The van der Waals surface area contributed by atoms with E-state index in [2.05, 4.69) is 29.0 Å². The van der Waals surface area contributed by atoms with Crippen molar-refractivity contribution in [2.45, 2.75) is 32.3 Å². The van der Waals surface area contributed by atoms with Crippen LogP contribution in [0.3, 0.4) is 0 Å². The minimum atomic E-state index is -2.84. The van der Waals surface area contributed by atoms with Gasteiger partial charge in [-0.1, -0.05) is 60.7 Å². The molecule has 0 fully saturated rings. The summed E-state index contributed by atoms with van der Waals surface area (Å²) in [6.45, 7) is -2.09. The lowest BCUT2D eigenvalue weighted by Crippen LogP contribution is -2.02. The summed E-state index contributed by atoms with van der Waals surface area (Å²) in [5.41, 5.74) is 4.99. The molecular formula is C29H27F3O2. The summed E-state index contributed by atoms with van der Waals surface area (Å²) in [5, 5.41) is 1.45. The van der Waals surface area contributed by atoms with Gasteiger partial charge in [-0.25, -0.2) is 4.39 Å². The summed E-state index contributed by atoms with van der Waals surface area (Å²) in [6, 6.07) is 24.5. The number of rotatable bonds is 10. The van der Waals surface area contributed by atoms with Crippen molar-refractivity contribution in [1.29, 1.82) is 0 Å². The van der Waals surface area contributed by atoms with Crippen LogP contribution in [0.5, 0.6) is 5.75 Å². The van der Waals surface area contributed by atoms with Crippen molar-refractivity contribution in [2.75, 3.05) is 13.7 Å². The fourth-order valence-corrected chi connectivity index (χ4v) is 4.11. The molecule has 4 aromatic carbocycles. The number of hydrogen-bond donors (Lipinski definition) is 0. The molecule has 0 N–H and O–H groups in total. The third-order valence-corrected chi connectivity index (χ3v) is 5.97. The summed E-state index contributed by atoms with van der Waals surface area (Å²) in [7, 11) is 1.71. The molecule has 4 rings (SSSR count). The van der Waals surface area contributed by atoms with Gasteiger partial charge in [-0.3, -0.25) is 0 Å². The minimum Gasteiger partial charge on any atom is -0.435 e. The van der Waals surface area contributed by atoms with E-state index in [9.17, 15) is 8.78 Å². The van der Waals surface area contributed by atoms with Crippen LogP contribution < -0.4 is 4.74 Å². The molecule has 0 unspecified atom stereocenters. The lowest BCUT2D eigenvalue weighted by atomic mass is 9.96. The van der Waals surface area contributed by atoms with E-state index in [1.54, 1.807) is 19.2 Å². The lowest BCUT2D eigenvalue weighted by molar-refractivity contribution is -0.0498. The van der Waals surface area contributed by atoms with Crippen LogP contribution in [0.15, 0.2) is 78.9 Å². The van der Waals surface area contributed by atoms with Crippen molar-refractivity contribution in [2.24, 2.45) is 0 Å². The van der Waals surface area contributed by atoms with Crippen LogP contribution in [0.4, 0.5) is 13.2 Å². The van der Waals surface area contributed by atoms with E-state index in [4.69, 9.17) is 4.74 Å². The number of alkyl halides is 2. The molecule has 4 aromatic rings. The molecule has 0 radical (unpaired) electrons. The maximum Gasteiger partial charge on any atom is 0.387 e. The Balaban J connectivity index is 1.45. The number of hydrogen-bond acceptors (Lipinski definition) is 2. The van der Waals surface area contributed by atoms with Gasteiger partial charge in [-0.15, -0.1) is 0 Å². The highest BCUT2D eigenvalue weighted by molar-refractivity contribution is 5.88. The van der Waals surface area contributed by atoms with Crippen LogP contribution in [0.1, 0.15) is 23.1 Å². The van der Waals surface area contributed by atoms with E-state index in [0.717, 1.165) is 41.5 Å². The van der Waals surface area contributed by atoms with Crippen molar-refractivity contribution < 1.29 is 22.6 Å². The molecule has 0 saturated heterocycles. The third kappa shape index (κ3) is 5.97. The highest BCUT2D eigenvalue weighted by Crippen LogP contribution is 2.28. The van der Waals surface area contributed by atoms with Gasteiger partial charge in [0.2, 0.25) is 0 Å². The first-order valence-corrected chi connectivity index (χ1v) is 11.4. The maximum absolute atomic E-state index is 15.2. The van der Waals surface area contributed by atoms with Gasteiger partial charge in [-0.05, 0) is 77.1 Å². The van der Waals surface area contributed by atoms with Gasteiger partial charge >= 0.3 is 6.61 Å². The van der Waals surface area contributed by atoms with Crippen LogP contribution in [0.2, 0.25) is 0 Å². The van der Waals surface area contributed by atoms with Crippen LogP contribution in [-0.4, -0.2) is 20.3 Å². The van der Waals surface area contributed by atoms with E-state index in [-0.39, 0.29) is 11.6 Å². The molecule has 176 valence electrons. The standard InChI is InChI=1S/C29H27F3O2/c1-33-18-2-3-20-4-9-22(10-5-20)24-14-17-27-25(19-24)13-12-23(28(27)30)11-6-21-7-15-26(16-8-21)34-29(31)32/h4-5,7-10,12-17,19,29H,2-3,6,11,18H2,1H3. The van der Waals surface area contributed by atoms with Gasteiger partial charge in [-0.2, -0.15) is 8.78 Å². The summed E-state index contributed by atoms with van der Waals surface area (Å²) in [5.74, 6) is -0.0950. The molecule has 0 spiro atoms. The summed E-state index contributed by atoms with van der Waals surface area (Å²) in [6.07, 6.45) is 3.09. The lowest BCUT2D eigenvalue weighted by Gasteiger charge is -2.10. The first kappa shape index (κ1) is 23.8. The Morgan fingerprint density at radius 3 is 2.12 bits per heavy atom. The van der Waals surface area contributed by atoms with Crippen molar-refractivity contribution >= 4 is 10.8 Å². The number of ether oxygens (including phenoxy) is 2. The second-order valence-corrected chi connectivity index (χ2v) is 8.29. The Kier molecular flexibility index (Phi) is 7.86. The van der Waals surface area contributed by atoms with Gasteiger partial charge in [0, 0.05) is 19.1 Å². The Labute approximate surface area is 198 Å². The molecule has 0 saturated carbocycles. The topological polar surface area (TPSA) is 18.5 Å². The smallest absolute Gasteiger partial charge is 0.387 e. The predicted molar refractivity (Wildman–Crippen MR) is 130 cm³/mol. The van der Waals surface area contributed by atoms with E-state index in [1.807, 2.05) is 30.3 Å². The van der Waals surface area contributed by atoms with E-state index in [1.165, 1.54) is 17.7 Å². The molecular weight excluding hydrogens is 437 g/mol. The predicted octanol–water partition coefficient (Wildman–Crippen LogP) is 7.61. The largest absolute Gasteiger partial charge is 0.435 e. The monoisotopic (exact) mass is 464 g/mol. The summed E-state index contributed by atoms with van der Waals surface area (Å²) in [4.78, 5) is 0. The Morgan fingerprint density at radius 1 is 0.735 bits per heavy atom. The SMILES string of the molecule is COCCCc1ccc(-c2ccc3c(F)c(CCc4ccc(OC(F)F)cc4)ccc3c2)cc1. The van der Waals surface area contributed by atoms with E-state index >= 15 is 4.39 Å². The van der Waals surface area contributed by atoms with Gasteiger partial charge < -0.3 is 9.47 Å². The first-order valence-electron chi connectivity index (χ1n) is 11.4. The van der Waals surface area contributed by atoms with E-state index in [0.29, 0.717) is 23.8 Å². The van der Waals surface area contributed by atoms with Gasteiger partial charge in [0.25, 0.3) is 0 Å². The third-order valence-electron chi connectivity index (χ3n) is 5.97. The highest BCUT2D eigenvalue weighted by Gasteiger charge is 2.10. The molecule has 0 aliphatic carbocycles. The Bertz CT molecular complexity index is 1220. The fourth-order valence-electron chi connectivity index (χ4n) is 4.11. The molecule has 0 aliphatic heterocycles. The van der Waals surface area contributed by atoms with Crippen molar-refractivity contribution in [3.8, 4) is 16.9 Å². The first-order chi connectivity index (χ1) is 16.5. The number of fused-ring (bicyclic) bond motifs is 1. The zero-order chi connectivity index (χ0) is 23.9. The zero-order valence-electron chi connectivity index (χ0n) is 19.1. The van der Waals surface area contributed by atoms with Crippen LogP contribution in [0, 0.1) is 5.82 Å². The maximum atomic E-state index is 15.2. The quantitative estimate of drug-likeness (QED) is 0.225. The molecule has 0 heterocycles. The summed E-state index contributed by atoms with van der Waals surface area (Å²) < 4.78 is 49.2. The van der Waals surface area contributed by atoms with Gasteiger partial charge in [0.1, 0.15) is 11.6 Å². The Morgan fingerprint density at radius 2 is 1.41 bits per heavy atom. The molecule has 34 heavy (non-hydrogen) atoms. The average Bonchev–Trinajstić information content (AvgIpc) is 2.85. The minimum absolute atomic E-state index is 0.118. The highest BCUT2D eigenvalue weighted by atomic mass is 19.3. The molecule has 0 aromatic heterocycles. The fraction of sp³-hybridized carbons (Fsp3) is 0.241. The van der Waals surface area contributed by atoms with Crippen molar-refractivity contribution in [3.63, 3.8) is 0 Å². The van der Waals surface area contributed by atoms with Gasteiger partial charge in [0.05, 0.1) is 0 Å². The van der Waals surface area contributed by atoms with Crippen molar-refractivity contribution in [1.82, 2.24) is 0 Å². The molecule has 5 heteroatoms.